The van der Waals surface area contributed by atoms with Crippen LogP contribution in [0.5, 0.6) is 0 Å². The Bertz CT molecular complexity index is 921. The number of aryl methyl sites for hydroxylation is 1. The molecular formula is C17H14Cl2N4O. The van der Waals surface area contributed by atoms with E-state index in [0.717, 1.165) is 11.3 Å². The fourth-order valence-corrected chi connectivity index (χ4v) is 2.76. The van der Waals surface area contributed by atoms with Crippen LogP contribution < -0.4 is 5.32 Å². The highest BCUT2D eigenvalue weighted by Gasteiger charge is 2.18. The summed E-state index contributed by atoms with van der Waals surface area (Å²) in [7, 11) is 0. The van der Waals surface area contributed by atoms with Crippen LogP contribution >= 0.6 is 23.2 Å². The van der Waals surface area contributed by atoms with E-state index in [9.17, 15) is 4.79 Å². The van der Waals surface area contributed by atoms with Gasteiger partial charge in [-0.25, -0.2) is 4.68 Å². The standard InChI is InChI=1S/C17H14Cl2N4O/c1-10-6-7-15(14(19)8-10)20-17(24)16-11(2)23(22-21-16)13-5-3-4-12(18)9-13/h3-9H,1-2H3,(H,20,24). The van der Waals surface area contributed by atoms with Crippen LogP contribution in [0.25, 0.3) is 5.69 Å². The molecule has 1 N–H and O–H groups in total. The van der Waals surface area contributed by atoms with Crippen molar-refractivity contribution < 1.29 is 4.79 Å². The minimum absolute atomic E-state index is 0.228. The number of nitrogens with zero attached hydrogens (tertiary/aromatic N) is 3. The van der Waals surface area contributed by atoms with Crippen LogP contribution in [0.3, 0.4) is 0 Å². The Morgan fingerprint density at radius 3 is 2.62 bits per heavy atom. The number of benzene rings is 2. The Morgan fingerprint density at radius 1 is 1.12 bits per heavy atom. The molecule has 0 saturated carbocycles. The molecule has 0 unspecified atom stereocenters. The van der Waals surface area contributed by atoms with Crippen molar-refractivity contribution in [2.24, 2.45) is 0 Å². The molecule has 1 aromatic heterocycles. The molecule has 3 rings (SSSR count). The molecule has 0 spiro atoms. The summed E-state index contributed by atoms with van der Waals surface area (Å²) >= 11 is 12.1. The number of carbonyl (C=O) groups is 1. The molecule has 0 bridgehead atoms. The van der Waals surface area contributed by atoms with Crippen molar-refractivity contribution >= 4 is 34.8 Å². The highest BCUT2D eigenvalue weighted by molar-refractivity contribution is 6.34. The third kappa shape index (κ3) is 3.27. The first kappa shape index (κ1) is 16.5. The largest absolute Gasteiger partial charge is 0.319 e. The van der Waals surface area contributed by atoms with Crippen LogP contribution in [-0.2, 0) is 0 Å². The quantitative estimate of drug-likeness (QED) is 0.750. The number of nitrogens with one attached hydrogen (secondary N) is 1. The number of aromatic nitrogens is 3. The lowest BCUT2D eigenvalue weighted by Crippen LogP contribution is -2.14. The molecule has 0 saturated heterocycles. The lowest BCUT2D eigenvalue weighted by molar-refractivity contribution is 0.102. The SMILES string of the molecule is Cc1ccc(NC(=O)c2nnn(-c3cccc(Cl)c3)c2C)c(Cl)c1. The van der Waals surface area contributed by atoms with Crippen molar-refractivity contribution in [3.8, 4) is 5.69 Å². The van der Waals surface area contributed by atoms with E-state index in [0.29, 0.717) is 21.4 Å². The Kier molecular flexibility index (Phi) is 4.55. The van der Waals surface area contributed by atoms with E-state index in [1.54, 1.807) is 35.9 Å². The smallest absolute Gasteiger partial charge is 0.278 e. The fourth-order valence-electron chi connectivity index (χ4n) is 2.30. The first-order chi connectivity index (χ1) is 11.5. The Balaban J connectivity index is 1.89. The summed E-state index contributed by atoms with van der Waals surface area (Å²) in [6.45, 7) is 3.70. The summed E-state index contributed by atoms with van der Waals surface area (Å²) in [5.41, 5.74) is 3.12. The lowest BCUT2D eigenvalue weighted by Gasteiger charge is -2.07. The summed E-state index contributed by atoms with van der Waals surface area (Å²) in [5.74, 6) is -0.369. The molecule has 0 atom stereocenters. The topological polar surface area (TPSA) is 59.8 Å². The van der Waals surface area contributed by atoms with Gasteiger partial charge in [0.2, 0.25) is 0 Å². The molecule has 0 aliphatic carbocycles. The van der Waals surface area contributed by atoms with Gasteiger partial charge in [0.05, 0.1) is 22.1 Å². The Morgan fingerprint density at radius 2 is 1.92 bits per heavy atom. The number of hydrogen-bond acceptors (Lipinski definition) is 3. The van der Waals surface area contributed by atoms with Crippen molar-refractivity contribution in [2.45, 2.75) is 13.8 Å². The van der Waals surface area contributed by atoms with E-state index in [2.05, 4.69) is 15.6 Å². The van der Waals surface area contributed by atoms with E-state index >= 15 is 0 Å². The second kappa shape index (κ2) is 6.63. The van der Waals surface area contributed by atoms with Gasteiger partial charge in [0.1, 0.15) is 0 Å². The summed E-state index contributed by atoms with van der Waals surface area (Å²) in [6, 6.07) is 12.6. The van der Waals surface area contributed by atoms with Gasteiger partial charge >= 0.3 is 0 Å². The first-order valence-corrected chi connectivity index (χ1v) is 7.97. The predicted molar refractivity (Wildman–Crippen MR) is 95.2 cm³/mol. The second-order valence-electron chi connectivity index (χ2n) is 5.35. The normalized spacial score (nSPS) is 10.7. The van der Waals surface area contributed by atoms with Gasteiger partial charge in [-0.3, -0.25) is 4.79 Å². The third-order valence-corrected chi connectivity index (χ3v) is 4.08. The Hall–Kier alpha value is -2.37. The average molecular weight is 361 g/mol. The lowest BCUT2D eigenvalue weighted by atomic mass is 10.2. The van der Waals surface area contributed by atoms with Crippen LogP contribution in [0.2, 0.25) is 10.0 Å². The number of hydrogen-bond donors (Lipinski definition) is 1. The molecule has 5 nitrogen and oxygen atoms in total. The summed E-state index contributed by atoms with van der Waals surface area (Å²) in [4.78, 5) is 12.5. The van der Waals surface area contributed by atoms with Gasteiger partial charge in [-0.1, -0.05) is 40.5 Å². The van der Waals surface area contributed by atoms with Crippen LogP contribution in [0.4, 0.5) is 5.69 Å². The second-order valence-corrected chi connectivity index (χ2v) is 6.20. The molecular weight excluding hydrogens is 347 g/mol. The van der Waals surface area contributed by atoms with Crippen LogP contribution in [0.1, 0.15) is 21.7 Å². The van der Waals surface area contributed by atoms with Gasteiger partial charge in [-0.2, -0.15) is 0 Å². The highest BCUT2D eigenvalue weighted by atomic mass is 35.5. The molecule has 3 aromatic rings. The molecule has 24 heavy (non-hydrogen) atoms. The van der Waals surface area contributed by atoms with Crippen LogP contribution in [-0.4, -0.2) is 20.9 Å². The van der Waals surface area contributed by atoms with Crippen molar-refractivity contribution in [1.29, 1.82) is 0 Å². The number of halogens is 2. The van der Waals surface area contributed by atoms with Gasteiger partial charge < -0.3 is 5.32 Å². The molecule has 0 fully saturated rings. The minimum Gasteiger partial charge on any atom is -0.319 e. The van der Waals surface area contributed by atoms with Crippen LogP contribution in [0.15, 0.2) is 42.5 Å². The van der Waals surface area contributed by atoms with E-state index in [1.807, 2.05) is 25.1 Å². The van der Waals surface area contributed by atoms with Crippen LogP contribution in [0, 0.1) is 13.8 Å². The zero-order valence-corrected chi connectivity index (χ0v) is 14.6. The predicted octanol–water partition coefficient (Wildman–Crippen LogP) is 4.44. The maximum Gasteiger partial charge on any atom is 0.278 e. The zero-order chi connectivity index (χ0) is 17.3. The van der Waals surface area contributed by atoms with Gasteiger partial charge in [0, 0.05) is 5.02 Å². The maximum absolute atomic E-state index is 12.5. The van der Waals surface area contributed by atoms with E-state index < -0.39 is 0 Å². The number of rotatable bonds is 3. The monoisotopic (exact) mass is 360 g/mol. The average Bonchev–Trinajstić information content (AvgIpc) is 2.92. The molecule has 122 valence electrons. The van der Waals surface area contributed by atoms with Gasteiger partial charge in [-0.05, 0) is 49.7 Å². The summed E-state index contributed by atoms with van der Waals surface area (Å²) < 4.78 is 1.57. The molecule has 0 aliphatic heterocycles. The third-order valence-electron chi connectivity index (χ3n) is 3.54. The van der Waals surface area contributed by atoms with Gasteiger partial charge in [0.15, 0.2) is 5.69 Å². The Labute approximate surface area is 149 Å². The maximum atomic E-state index is 12.5. The molecule has 2 aromatic carbocycles. The van der Waals surface area contributed by atoms with Crippen molar-refractivity contribution in [3.63, 3.8) is 0 Å². The molecule has 0 radical (unpaired) electrons. The molecule has 1 heterocycles. The zero-order valence-electron chi connectivity index (χ0n) is 13.0. The summed E-state index contributed by atoms with van der Waals surface area (Å²) in [5, 5.41) is 11.8. The van der Waals surface area contributed by atoms with Crippen molar-refractivity contribution in [1.82, 2.24) is 15.0 Å². The highest BCUT2D eigenvalue weighted by Crippen LogP contribution is 2.24. The molecule has 1 amide bonds. The van der Waals surface area contributed by atoms with Gasteiger partial charge in [-0.15, -0.1) is 5.10 Å². The van der Waals surface area contributed by atoms with E-state index in [-0.39, 0.29) is 11.6 Å². The minimum atomic E-state index is -0.369. The molecule has 7 heteroatoms. The summed E-state index contributed by atoms with van der Waals surface area (Å²) in [6.07, 6.45) is 0. The first-order valence-electron chi connectivity index (χ1n) is 7.21. The van der Waals surface area contributed by atoms with Crippen molar-refractivity contribution in [2.75, 3.05) is 5.32 Å². The van der Waals surface area contributed by atoms with Crippen molar-refractivity contribution in [3.05, 3.63) is 69.5 Å². The van der Waals surface area contributed by atoms with E-state index in [1.165, 1.54) is 0 Å². The molecule has 0 aliphatic rings. The number of amides is 1. The number of carbonyl (C=O) groups excluding carboxylic acids is 1. The van der Waals surface area contributed by atoms with E-state index in [4.69, 9.17) is 23.2 Å². The fraction of sp³-hybridized carbons (Fsp3) is 0.118. The number of anilines is 1. The van der Waals surface area contributed by atoms with Gasteiger partial charge in [0.25, 0.3) is 5.91 Å².